The van der Waals surface area contributed by atoms with Crippen LogP contribution in [0.1, 0.15) is 23.1 Å². The molecule has 0 spiro atoms. The fraction of sp³-hybridized carbons (Fsp3) is 0.167. The number of rotatable bonds is 3. The summed E-state index contributed by atoms with van der Waals surface area (Å²) in [5.41, 5.74) is 1.67. The summed E-state index contributed by atoms with van der Waals surface area (Å²) in [6, 6.07) is 4.95. The van der Waals surface area contributed by atoms with Crippen molar-refractivity contribution in [2.24, 2.45) is 0 Å². The molecule has 0 aliphatic rings. The molecule has 1 N–H and O–H groups in total. The van der Waals surface area contributed by atoms with Crippen LogP contribution in [0.15, 0.2) is 30.6 Å². The van der Waals surface area contributed by atoms with Gasteiger partial charge in [-0.1, -0.05) is 6.92 Å². The smallest absolute Gasteiger partial charge is 0.354 e. The Morgan fingerprint density at radius 3 is 2.71 bits per heavy atom. The minimum Gasteiger partial charge on any atom is -0.477 e. The lowest BCUT2D eigenvalue weighted by Gasteiger charge is -2.01. The van der Waals surface area contributed by atoms with Crippen molar-refractivity contribution in [1.82, 2.24) is 15.0 Å². The van der Waals surface area contributed by atoms with Gasteiger partial charge in [-0.25, -0.2) is 19.7 Å². The van der Waals surface area contributed by atoms with Crippen LogP contribution in [0.5, 0.6) is 0 Å². The van der Waals surface area contributed by atoms with Gasteiger partial charge in [0, 0.05) is 23.7 Å². The molecule has 0 saturated carbocycles. The lowest BCUT2D eigenvalue weighted by atomic mass is 10.2. The minimum absolute atomic E-state index is 0.0143. The number of hydrogen-bond acceptors (Lipinski definition) is 4. The van der Waals surface area contributed by atoms with Crippen molar-refractivity contribution in [2.75, 3.05) is 0 Å². The molecule has 2 aromatic rings. The zero-order chi connectivity index (χ0) is 12.3. The molecule has 5 nitrogen and oxygen atoms in total. The number of carboxylic acids is 1. The van der Waals surface area contributed by atoms with Gasteiger partial charge in [0.05, 0.1) is 0 Å². The molecule has 0 amide bonds. The Bertz CT molecular complexity index is 538. The molecule has 2 aromatic heterocycles. The van der Waals surface area contributed by atoms with Crippen molar-refractivity contribution in [3.8, 4) is 11.4 Å². The summed E-state index contributed by atoms with van der Waals surface area (Å²) >= 11 is 0. The Labute approximate surface area is 98.2 Å². The highest BCUT2D eigenvalue weighted by atomic mass is 16.4. The van der Waals surface area contributed by atoms with Crippen LogP contribution in [-0.2, 0) is 6.42 Å². The van der Waals surface area contributed by atoms with E-state index in [1.54, 1.807) is 12.3 Å². The molecule has 0 fully saturated rings. The fourth-order valence-electron chi connectivity index (χ4n) is 1.38. The molecular weight excluding hydrogens is 218 g/mol. The lowest BCUT2D eigenvalue weighted by molar-refractivity contribution is 0.0690. The summed E-state index contributed by atoms with van der Waals surface area (Å²) in [7, 11) is 0. The molecule has 0 aliphatic carbocycles. The zero-order valence-corrected chi connectivity index (χ0v) is 9.29. The molecule has 86 valence electrons. The Morgan fingerprint density at radius 1 is 1.29 bits per heavy atom. The van der Waals surface area contributed by atoms with Gasteiger partial charge < -0.3 is 5.11 Å². The Morgan fingerprint density at radius 2 is 2.12 bits per heavy atom. The van der Waals surface area contributed by atoms with Crippen LogP contribution in [0.2, 0.25) is 0 Å². The SMILES string of the molecule is CCc1ccnc(-c2ccc(C(=O)O)nc2)n1. The maximum Gasteiger partial charge on any atom is 0.354 e. The number of carboxylic acid groups (broad SMARTS) is 1. The highest BCUT2D eigenvalue weighted by Gasteiger charge is 2.06. The second-order valence-corrected chi connectivity index (χ2v) is 3.46. The first-order valence-electron chi connectivity index (χ1n) is 5.22. The molecule has 17 heavy (non-hydrogen) atoms. The summed E-state index contributed by atoms with van der Waals surface area (Å²) in [6.07, 6.45) is 3.99. The summed E-state index contributed by atoms with van der Waals surface area (Å²) in [6.45, 7) is 2.01. The normalized spacial score (nSPS) is 10.2. The summed E-state index contributed by atoms with van der Waals surface area (Å²) in [4.78, 5) is 23.0. The van der Waals surface area contributed by atoms with Crippen molar-refractivity contribution in [3.05, 3.63) is 42.0 Å². The number of pyridine rings is 1. The van der Waals surface area contributed by atoms with Gasteiger partial charge in [0.25, 0.3) is 0 Å². The van der Waals surface area contributed by atoms with E-state index in [1.807, 2.05) is 13.0 Å². The third-order valence-electron chi connectivity index (χ3n) is 2.32. The highest BCUT2D eigenvalue weighted by molar-refractivity contribution is 5.85. The number of aromatic nitrogens is 3. The van der Waals surface area contributed by atoms with E-state index >= 15 is 0 Å². The average Bonchev–Trinajstić information content (AvgIpc) is 2.39. The average molecular weight is 229 g/mol. The first kappa shape index (κ1) is 11.2. The van der Waals surface area contributed by atoms with Gasteiger partial charge in [-0.05, 0) is 24.6 Å². The van der Waals surface area contributed by atoms with Crippen molar-refractivity contribution in [1.29, 1.82) is 0 Å². The van der Waals surface area contributed by atoms with E-state index in [-0.39, 0.29) is 5.69 Å². The van der Waals surface area contributed by atoms with Crippen LogP contribution >= 0.6 is 0 Å². The fourth-order valence-corrected chi connectivity index (χ4v) is 1.38. The number of aryl methyl sites for hydroxylation is 1. The van der Waals surface area contributed by atoms with E-state index < -0.39 is 5.97 Å². The van der Waals surface area contributed by atoms with Gasteiger partial charge in [-0.3, -0.25) is 0 Å². The molecule has 0 aliphatic heterocycles. The van der Waals surface area contributed by atoms with Crippen LogP contribution in [0.25, 0.3) is 11.4 Å². The Hall–Kier alpha value is -2.30. The lowest BCUT2D eigenvalue weighted by Crippen LogP contribution is -2.00. The molecule has 0 unspecified atom stereocenters. The van der Waals surface area contributed by atoms with E-state index in [0.717, 1.165) is 12.1 Å². The van der Waals surface area contributed by atoms with Crippen molar-refractivity contribution >= 4 is 5.97 Å². The van der Waals surface area contributed by atoms with Crippen LogP contribution in [0.3, 0.4) is 0 Å². The van der Waals surface area contributed by atoms with E-state index in [9.17, 15) is 4.79 Å². The first-order chi connectivity index (χ1) is 8.20. The molecular formula is C12H11N3O2. The monoisotopic (exact) mass is 229 g/mol. The van der Waals surface area contributed by atoms with Crippen LogP contribution in [-0.4, -0.2) is 26.0 Å². The Balaban J connectivity index is 2.36. The zero-order valence-electron chi connectivity index (χ0n) is 9.29. The molecule has 2 rings (SSSR count). The van der Waals surface area contributed by atoms with Gasteiger partial charge >= 0.3 is 5.97 Å². The van der Waals surface area contributed by atoms with Gasteiger partial charge in [0.2, 0.25) is 0 Å². The van der Waals surface area contributed by atoms with Gasteiger partial charge in [0.1, 0.15) is 5.69 Å². The quantitative estimate of drug-likeness (QED) is 0.868. The third kappa shape index (κ3) is 2.44. The molecule has 0 bridgehead atoms. The van der Waals surface area contributed by atoms with E-state index in [4.69, 9.17) is 5.11 Å². The van der Waals surface area contributed by atoms with Gasteiger partial charge in [-0.2, -0.15) is 0 Å². The van der Waals surface area contributed by atoms with E-state index in [1.165, 1.54) is 12.3 Å². The van der Waals surface area contributed by atoms with Crippen LogP contribution in [0, 0.1) is 0 Å². The van der Waals surface area contributed by atoms with Crippen molar-refractivity contribution in [2.45, 2.75) is 13.3 Å². The number of hydrogen-bond donors (Lipinski definition) is 1. The summed E-state index contributed by atoms with van der Waals surface area (Å²) < 4.78 is 0. The predicted octanol–water partition coefficient (Wildman–Crippen LogP) is 1.80. The molecule has 0 radical (unpaired) electrons. The molecule has 0 saturated heterocycles. The minimum atomic E-state index is -1.04. The first-order valence-corrected chi connectivity index (χ1v) is 5.22. The predicted molar refractivity (Wildman–Crippen MR) is 61.6 cm³/mol. The largest absolute Gasteiger partial charge is 0.477 e. The van der Waals surface area contributed by atoms with Gasteiger partial charge in [0.15, 0.2) is 5.82 Å². The standard InChI is InChI=1S/C12H11N3O2/c1-2-9-5-6-13-11(15-9)8-3-4-10(12(16)17)14-7-8/h3-7H,2H2,1H3,(H,16,17). The maximum atomic E-state index is 10.7. The molecule has 0 atom stereocenters. The summed E-state index contributed by atoms with van der Waals surface area (Å²) in [5, 5.41) is 8.73. The van der Waals surface area contributed by atoms with E-state index in [2.05, 4.69) is 15.0 Å². The number of carbonyl (C=O) groups is 1. The van der Waals surface area contributed by atoms with Crippen molar-refractivity contribution in [3.63, 3.8) is 0 Å². The van der Waals surface area contributed by atoms with Gasteiger partial charge in [-0.15, -0.1) is 0 Å². The number of nitrogens with zero attached hydrogens (tertiary/aromatic N) is 3. The molecule has 0 aromatic carbocycles. The molecule has 5 heteroatoms. The maximum absolute atomic E-state index is 10.7. The highest BCUT2D eigenvalue weighted by Crippen LogP contribution is 2.13. The molecule has 2 heterocycles. The van der Waals surface area contributed by atoms with Crippen LogP contribution in [0.4, 0.5) is 0 Å². The second kappa shape index (κ2) is 4.69. The Kier molecular flexibility index (Phi) is 3.09. The number of aromatic carboxylic acids is 1. The topological polar surface area (TPSA) is 76.0 Å². The van der Waals surface area contributed by atoms with E-state index in [0.29, 0.717) is 11.4 Å². The second-order valence-electron chi connectivity index (χ2n) is 3.46. The third-order valence-corrected chi connectivity index (χ3v) is 2.32. The van der Waals surface area contributed by atoms with Crippen molar-refractivity contribution < 1.29 is 9.90 Å². The summed E-state index contributed by atoms with van der Waals surface area (Å²) in [5.74, 6) is -0.478. The van der Waals surface area contributed by atoms with Crippen LogP contribution < -0.4 is 0 Å².